The lowest BCUT2D eigenvalue weighted by atomic mass is 9.89. The Morgan fingerprint density at radius 1 is 0.765 bits per heavy atom. The van der Waals surface area contributed by atoms with Crippen LogP contribution in [0.4, 0.5) is 33.6 Å². The number of fused-ring (bicyclic) bond motifs is 1. The summed E-state index contributed by atoms with van der Waals surface area (Å²) in [6.07, 6.45) is -2.65. The summed E-state index contributed by atoms with van der Waals surface area (Å²) in [5.74, 6) is -0.128. The first-order chi connectivity index (χ1) is 41.1. The number of methoxy groups -OCH3 is 4. The van der Waals surface area contributed by atoms with Crippen LogP contribution in [0.1, 0.15) is 64.6 Å². The normalized spacial score (nSPS) is 17.7. The second-order valence-corrected chi connectivity index (χ2v) is 21.8. The number of benzene rings is 5. The number of aryl methyl sites for hydroxylation is 1. The molecule has 2 aromatic heterocycles. The summed E-state index contributed by atoms with van der Waals surface area (Å²) in [6, 6.07) is 31.5. The molecule has 444 valence electrons. The Morgan fingerprint density at radius 2 is 1.32 bits per heavy atom. The van der Waals surface area contributed by atoms with E-state index in [0.29, 0.717) is 67.2 Å². The Kier molecular flexibility index (Phi) is 17.3. The van der Waals surface area contributed by atoms with Crippen molar-refractivity contribution in [1.29, 1.82) is 0 Å². The molecule has 4 aliphatic rings. The molecule has 1 N–H and O–H groups in total. The molecular formula is C64H64ClF5N8O7. The van der Waals surface area contributed by atoms with Gasteiger partial charge in [0.1, 0.15) is 59.8 Å². The van der Waals surface area contributed by atoms with E-state index in [1.807, 2.05) is 84.6 Å². The molecule has 7 aromatic rings. The molecular weight excluding hydrogens is 1120 g/mol. The van der Waals surface area contributed by atoms with Crippen LogP contribution in [0.5, 0.6) is 28.7 Å². The molecule has 2 saturated heterocycles. The molecule has 11 rings (SSSR count). The van der Waals surface area contributed by atoms with Gasteiger partial charge in [-0.2, -0.15) is 13.2 Å². The zero-order valence-electron chi connectivity index (χ0n) is 47.8. The lowest BCUT2D eigenvalue weighted by Gasteiger charge is -2.33. The number of ether oxygens (including phenoxy) is 7. The number of nitrogens with zero attached hydrogens (tertiary/aromatic N) is 7. The fourth-order valence-electron chi connectivity index (χ4n) is 11.7. The van der Waals surface area contributed by atoms with Crippen LogP contribution in [0.15, 0.2) is 125 Å². The highest BCUT2D eigenvalue weighted by Crippen LogP contribution is 2.45. The maximum atomic E-state index is 18.6. The molecule has 5 aromatic carbocycles. The van der Waals surface area contributed by atoms with Crippen LogP contribution >= 0.6 is 11.6 Å². The molecule has 21 heteroatoms. The summed E-state index contributed by atoms with van der Waals surface area (Å²) in [5, 5.41) is 2.81. The molecule has 0 spiro atoms. The van der Waals surface area contributed by atoms with Gasteiger partial charge < -0.3 is 48.3 Å². The molecule has 2 fully saturated rings. The van der Waals surface area contributed by atoms with Gasteiger partial charge in [-0.3, -0.25) is 9.89 Å². The minimum absolute atomic E-state index is 0.00659. The number of nitrogens with one attached hydrogen (secondary N) is 1. The number of hydrogen-bond acceptors (Lipinski definition) is 15. The molecule has 85 heavy (non-hydrogen) atoms. The average molecular weight is 1190 g/mol. The fraction of sp³-hybridized carbons (Fsp3) is 0.344. The van der Waals surface area contributed by atoms with Gasteiger partial charge in [-0.25, -0.2) is 23.7 Å². The van der Waals surface area contributed by atoms with Crippen LogP contribution in [-0.4, -0.2) is 101 Å². The number of halogens is 6. The van der Waals surface area contributed by atoms with E-state index in [4.69, 9.17) is 64.7 Å². The van der Waals surface area contributed by atoms with E-state index in [1.165, 1.54) is 19.1 Å². The lowest BCUT2D eigenvalue weighted by molar-refractivity contribution is -0.137. The van der Waals surface area contributed by atoms with Gasteiger partial charge in [-0.05, 0) is 108 Å². The first-order valence-electron chi connectivity index (χ1n) is 27.9. The molecule has 4 atom stereocenters. The summed E-state index contributed by atoms with van der Waals surface area (Å²) < 4.78 is 123. The van der Waals surface area contributed by atoms with Crippen molar-refractivity contribution in [2.75, 3.05) is 71.3 Å². The average Bonchev–Trinajstić information content (AvgIpc) is 2.00. The van der Waals surface area contributed by atoms with Gasteiger partial charge >= 0.3 is 12.3 Å². The Balaban J connectivity index is 1.07. The summed E-state index contributed by atoms with van der Waals surface area (Å²) in [6.45, 7) is 5.83. The van der Waals surface area contributed by atoms with Crippen molar-refractivity contribution in [3.8, 4) is 40.0 Å². The third-order valence-electron chi connectivity index (χ3n) is 16.1. The first kappa shape index (κ1) is 58.6. The van der Waals surface area contributed by atoms with Crippen molar-refractivity contribution in [2.45, 2.75) is 83.1 Å². The van der Waals surface area contributed by atoms with Crippen molar-refractivity contribution in [3.05, 3.63) is 182 Å². The zero-order valence-corrected chi connectivity index (χ0v) is 48.6. The van der Waals surface area contributed by atoms with E-state index in [2.05, 4.69) is 10.2 Å². The molecule has 0 bridgehead atoms. The monoisotopic (exact) mass is 1190 g/mol. The Bertz CT molecular complexity index is 3610. The standard InChI is InChI=1S/C64H64ClF5N8O7/c1-37-27-51(76(30-39-7-17-46(79-3)18-8-39)31-40-9-19-47(80-4)20-10-40)74-58(54(37)64(68,69)70)52-55(65)59-53-60(73-36-72-59)57(75-63(85-61(53)56(52)67)84-35-45-16-15-44-34-83-26-25-78(44)45)38(2)50-28-43(66)29-71-62(50)77(32-41-11-21-48(81-5)22-12-41)33-42-13-23-49(82-6)24-14-42/h7-14,17-24,27-29,38,44-45,57,73H,15-16,25-26,30-36H2,1-6H3/t38?,44-,45-,57?/m0/s1. The van der Waals surface area contributed by atoms with Crippen molar-refractivity contribution >= 4 is 35.0 Å². The molecule has 0 radical (unpaired) electrons. The highest BCUT2D eigenvalue weighted by atomic mass is 35.5. The minimum atomic E-state index is -5.06. The maximum Gasteiger partial charge on any atom is 0.418 e. The second kappa shape index (κ2) is 25.2. The lowest BCUT2D eigenvalue weighted by Crippen LogP contribution is -2.46. The van der Waals surface area contributed by atoms with Crippen LogP contribution in [0.25, 0.3) is 17.0 Å². The highest BCUT2D eigenvalue weighted by Gasteiger charge is 2.42. The van der Waals surface area contributed by atoms with E-state index in [1.54, 1.807) is 57.6 Å². The predicted molar refractivity (Wildman–Crippen MR) is 313 cm³/mol. The van der Waals surface area contributed by atoms with Gasteiger partial charge in [0.25, 0.3) is 0 Å². The first-order valence-corrected chi connectivity index (χ1v) is 28.3. The number of hydrogen-bond donors (Lipinski definition) is 1. The van der Waals surface area contributed by atoms with Crippen molar-refractivity contribution < 1.29 is 55.1 Å². The van der Waals surface area contributed by atoms with E-state index < -0.39 is 57.4 Å². The summed E-state index contributed by atoms with van der Waals surface area (Å²) in [5.41, 5.74) is 1.16. The van der Waals surface area contributed by atoms with Crippen molar-refractivity contribution in [3.63, 3.8) is 0 Å². The number of pyridine rings is 2. The topological polar surface area (TPSA) is 137 Å². The quantitative estimate of drug-likeness (QED) is 0.0770. The third-order valence-corrected chi connectivity index (χ3v) is 16.5. The number of morpholine rings is 1. The van der Waals surface area contributed by atoms with Gasteiger partial charge in [0.2, 0.25) is 0 Å². The summed E-state index contributed by atoms with van der Waals surface area (Å²) >= 11 is 7.39. The van der Waals surface area contributed by atoms with Gasteiger partial charge in [0, 0.05) is 56.3 Å². The number of aliphatic imine (C=N–C) groups is 1. The Labute approximate surface area is 494 Å². The summed E-state index contributed by atoms with van der Waals surface area (Å²) in [7, 11) is 6.29. The number of aromatic nitrogens is 2. The Hall–Kier alpha value is -8.20. The van der Waals surface area contributed by atoms with Crippen LogP contribution in [0.2, 0.25) is 5.02 Å². The van der Waals surface area contributed by atoms with Crippen LogP contribution < -0.4 is 49.4 Å². The van der Waals surface area contributed by atoms with Gasteiger partial charge in [0.05, 0.1) is 86.0 Å². The zero-order chi connectivity index (χ0) is 59.5. The van der Waals surface area contributed by atoms with E-state index in [-0.39, 0.29) is 72.2 Å². The fourth-order valence-corrected chi connectivity index (χ4v) is 12.0. The van der Waals surface area contributed by atoms with Gasteiger partial charge in [-0.15, -0.1) is 0 Å². The SMILES string of the molecule is COc1ccc(CN(Cc2ccc(OC)cc2)c2cc(C)c(C(F)(F)F)c(-c3c(F)c4c5c(c3Cl)=NCNC=5C(C(C)c3cc(F)cnc3N(Cc3ccc(OC)cc3)Cc3ccc(OC)cc3)N=C(OC[C@@H]3CC[C@H]5COCCN53)O4)n2)cc1. The van der Waals surface area contributed by atoms with Crippen LogP contribution in [0.3, 0.4) is 0 Å². The van der Waals surface area contributed by atoms with E-state index in [9.17, 15) is 0 Å². The predicted octanol–water partition coefficient (Wildman–Crippen LogP) is 10.9. The molecule has 2 unspecified atom stereocenters. The third kappa shape index (κ3) is 12.5. The number of rotatable bonds is 19. The van der Waals surface area contributed by atoms with Gasteiger partial charge in [0.15, 0.2) is 11.6 Å². The van der Waals surface area contributed by atoms with Crippen molar-refractivity contribution in [1.82, 2.24) is 20.2 Å². The largest absolute Gasteiger partial charge is 0.497 e. The highest BCUT2D eigenvalue weighted by molar-refractivity contribution is 6.33. The van der Waals surface area contributed by atoms with E-state index >= 15 is 22.0 Å². The Morgan fingerprint density at radius 3 is 1.86 bits per heavy atom. The van der Waals surface area contributed by atoms with E-state index in [0.717, 1.165) is 41.3 Å². The molecule has 0 amide bonds. The maximum absolute atomic E-state index is 18.6. The molecule has 0 aliphatic carbocycles. The van der Waals surface area contributed by atoms with Crippen molar-refractivity contribution in [2.24, 2.45) is 9.98 Å². The number of anilines is 2. The smallest absolute Gasteiger partial charge is 0.418 e. The number of alkyl halides is 3. The summed E-state index contributed by atoms with van der Waals surface area (Å²) in [4.78, 5) is 25.5. The second-order valence-electron chi connectivity index (χ2n) is 21.4. The van der Waals surface area contributed by atoms with Crippen LogP contribution in [0, 0.1) is 18.6 Å². The minimum Gasteiger partial charge on any atom is -0.497 e. The molecule has 4 aliphatic heterocycles. The van der Waals surface area contributed by atoms with Crippen LogP contribution in [-0.2, 0) is 41.8 Å². The molecule has 0 saturated carbocycles. The molecule has 6 heterocycles. The molecule has 15 nitrogen and oxygen atoms in total. The van der Waals surface area contributed by atoms with Gasteiger partial charge in [-0.1, -0.05) is 67.1 Å².